The summed E-state index contributed by atoms with van der Waals surface area (Å²) in [5.74, 6) is 0.179. The smallest absolute Gasteiger partial charge is 0.241 e. The lowest BCUT2D eigenvalue weighted by atomic mass is 9.89. The summed E-state index contributed by atoms with van der Waals surface area (Å²) in [5.41, 5.74) is 5.75. The maximum Gasteiger partial charge on any atom is 0.241 e. The Bertz CT molecular complexity index is 1560. The van der Waals surface area contributed by atoms with Gasteiger partial charge in [-0.05, 0) is 71.3 Å². The first kappa shape index (κ1) is 34.4. The Labute approximate surface area is 271 Å². The van der Waals surface area contributed by atoms with Crippen molar-refractivity contribution in [2.24, 2.45) is 0 Å². The second-order valence-electron chi connectivity index (χ2n) is 13.1. The molecule has 0 radical (unpaired) electrons. The number of amides is 1. The first-order chi connectivity index (χ1) is 21.5. The molecular formula is C39H50N2O3S. The number of benzene rings is 3. The largest absolute Gasteiger partial charge is 0.347 e. The Morgan fingerprint density at radius 1 is 0.733 bits per heavy atom. The molecule has 1 aliphatic carbocycles. The van der Waals surface area contributed by atoms with Crippen LogP contribution in [0.5, 0.6) is 0 Å². The third-order valence-electron chi connectivity index (χ3n) is 8.59. The van der Waals surface area contributed by atoms with E-state index in [1.54, 1.807) is 0 Å². The summed E-state index contributed by atoms with van der Waals surface area (Å²) < 4.78 is 32.5. The summed E-state index contributed by atoms with van der Waals surface area (Å²) in [7, 11) is -4.04. The van der Waals surface area contributed by atoms with Crippen molar-refractivity contribution in [1.82, 2.24) is 10.0 Å². The molecule has 0 heterocycles. The summed E-state index contributed by atoms with van der Waals surface area (Å²) >= 11 is 0. The molecule has 4 rings (SSSR count). The number of sulfonamides is 1. The molecule has 0 saturated heterocycles. The average molecular weight is 627 g/mol. The van der Waals surface area contributed by atoms with Crippen LogP contribution in [0.25, 0.3) is 0 Å². The summed E-state index contributed by atoms with van der Waals surface area (Å²) in [6.45, 7) is 12.5. The number of allylic oxidation sites excluding steroid dienone is 4. The van der Waals surface area contributed by atoms with E-state index in [1.165, 1.54) is 5.57 Å². The highest BCUT2D eigenvalue weighted by Crippen LogP contribution is 2.37. The van der Waals surface area contributed by atoms with Crippen molar-refractivity contribution in [3.05, 3.63) is 124 Å². The zero-order valence-electron chi connectivity index (χ0n) is 27.7. The highest BCUT2D eigenvalue weighted by atomic mass is 32.2. The van der Waals surface area contributed by atoms with E-state index in [9.17, 15) is 13.2 Å². The van der Waals surface area contributed by atoms with Gasteiger partial charge in [0.15, 0.2) is 0 Å². The standard InChI is InChI=1S/C39H50N2O3S/c1-27(2)33-25-34(28(3)4)39(35(26-33)29(5)6)45(43,44)41-38(32-22-14-9-15-23-32)37(31-20-12-8-13-21-31)40-36(42)24-16-19-30-17-10-7-11-18-30/h7-10,12-15,18,20-23,25-29,37-38,41H,11,16-17,19,24H2,1-6H3,(H,40,42)/t37-,38-/m1/s1. The average Bonchev–Trinajstić information content (AvgIpc) is 3.03. The van der Waals surface area contributed by atoms with Gasteiger partial charge in [-0.25, -0.2) is 13.1 Å². The number of hydrogen-bond acceptors (Lipinski definition) is 3. The van der Waals surface area contributed by atoms with Gasteiger partial charge in [0.1, 0.15) is 0 Å². The minimum Gasteiger partial charge on any atom is -0.347 e. The van der Waals surface area contributed by atoms with Crippen molar-refractivity contribution in [2.75, 3.05) is 0 Å². The molecule has 240 valence electrons. The maximum absolute atomic E-state index is 14.7. The molecule has 0 aromatic heterocycles. The van der Waals surface area contributed by atoms with E-state index < -0.39 is 22.1 Å². The Hall–Kier alpha value is -3.48. The van der Waals surface area contributed by atoms with Crippen LogP contribution < -0.4 is 10.0 Å². The molecule has 1 amide bonds. The zero-order chi connectivity index (χ0) is 32.6. The number of carbonyl (C=O) groups excluding carboxylic acids is 1. The van der Waals surface area contributed by atoms with Crippen LogP contribution in [0, 0.1) is 0 Å². The van der Waals surface area contributed by atoms with Crippen LogP contribution in [-0.4, -0.2) is 14.3 Å². The van der Waals surface area contributed by atoms with Crippen LogP contribution in [0.4, 0.5) is 0 Å². The van der Waals surface area contributed by atoms with E-state index in [0.29, 0.717) is 11.3 Å². The summed E-state index contributed by atoms with van der Waals surface area (Å²) in [5, 5.41) is 3.24. The predicted molar refractivity (Wildman–Crippen MR) is 186 cm³/mol. The predicted octanol–water partition coefficient (Wildman–Crippen LogP) is 9.38. The Kier molecular flexibility index (Phi) is 12.0. The van der Waals surface area contributed by atoms with Crippen molar-refractivity contribution in [2.45, 2.75) is 108 Å². The third-order valence-corrected chi connectivity index (χ3v) is 10.2. The van der Waals surface area contributed by atoms with Gasteiger partial charge in [0.25, 0.3) is 0 Å². The molecule has 3 aromatic rings. The minimum absolute atomic E-state index is 0.00217. The van der Waals surface area contributed by atoms with E-state index in [1.807, 2.05) is 88.4 Å². The molecule has 0 aliphatic heterocycles. The fourth-order valence-corrected chi connectivity index (χ4v) is 7.94. The summed E-state index contributed by atoms with van der Waals surface area (Å²) in [6, 6.07) is 22.0. The van der Waals surface area contributed by atoms with Crippen LogP contribution in [0.2, 0.25) is 0 Å². The third kappa shape index (κ3) is 9.05. The quantitative estimate of drug-likeness (QED) is 0.175. The van der Waals surface area contributed by atoms with E-state index >= 15 is 0 Å². The molecular weight excluding hydrogens is 577 g/mol. The Morgan fingerprint density at radius 2 is 1.29 bits per heavy atom. The molecule has 5 nitrogen and oxygen atoms in total. The highest BCUT2D eigenvalue weighted by Gasteiger charge is 2.34. The lowest BCUT2D eigenvalue weighted by Crippen LogP contribution is -2.41. The molecule has 2 atom stereocenters. The van der Waals surface area contributed by atoms with E-state index in [4.69, 9.17) is 0 Å². The van der Waals surface area contributed by atoms with Gasteiger partial charge in [-0.1, -0.05) is 138 Å². The van der Waals surface area contributed by atoms with Gasteiger partial charge in [0.2, 0.25) is 15.9 Å². The van der Waals surface area contributed by atoms with Crippen molar-refractivity contribution < 1.29 is 13.2 Å². The monoisotopic (exact) mass is 626 g/mol. The van der Waals surface area contributed by atoms with Crippen LogP contribution >= 0.6 is 0 Å². The van der Waals surface area contributed by atoms with Gasteiger partial charge in [-0.2, -0.15) is 0 Å². The molecule has 1 aliphatic rings. The van der Waals surface area contributed by atoms with E-state index in [2.05, 4.69) is 54.2 Å². The van der Waals surface area contributed by atoms with Crippen molar-refractivity contribution in [3.8, 4) is 0 Å². The number of rotatable bonds is 14. The second-order valence-corrected chi connectivity index (χ2v) is 14.7. The molecule has 3 aromatic carbocycles. The van der Waals surface area contributed by atoms with Gasteiger partial charge in [0, 0.05) is 6.42 Å². The maximum atomic E-state index is 14.7. The molecule has 2 N–H and O–H groups in total. The van der Waals surface area contributed by atoms with Crippen molar-refractivity contribution in [1.29, 1.82) is 0 Å². The van der Waals surface area contributed by atoms with Crippen LogP contribution in [-0.2, 0) is 14.8 Å². The Balaban J connectivity index is 1.75. The summed E-state index contributed by atoms with van der Waals surface area (Å²) in [4.78, 5) is 13.9. The topological polar surface area (TPSA) is 75.3 Å². The zero-order valence-corrected chi connectivity index (χ0v) is 28.5. The fraction of sp³-hybridized carbons (Fsp3) is 0.410. The Morgan fingerprint density at radius 3 is 1.78 bits per heavy atom. The van der Waals surface area contributed by atoms with Gasteiger partial charge < -0.3 is 5.32 Å². The lowest BCUT2D eigenvalue weighted by Gasteiger charge is -2.31. The first-order valence-electron chi connectivity index (χ1n) is 16.4. The molecule has 0 bridgehead atoms. The summed E-state index contributed by atoms with van der Waals surface area (Å²) in [6.07, 6.45) is 10.5. The molecule has 0 fully saturated rings. The molecule has 0 saturated carbocycles. The van der Waals surface area contributed by atoms with Crippen LogP contribution in [0.3, 0.4) is 0 Å². The highest BCUT2D eigenvalue weighted by molar-refractivity contribution is 7.89. The molecule has 0 unspecified atom stereocenters. The van der Waals surface area contributed by atoms with E-state index in [0.717, 1.165) is 53.5 Å². The molecule has 0 spiro atoms. The minimum atomic E-state index is -4.04. The van der Waals surface area contributed by atoms with Gasteiger partial charge in [-0.3, -0.25) is 4.79 Å². The number of carbonyl (C=O) groups is 1. The molecule has 6 heteroatoms. The molecule has 45 heavy (non-hydrogen) atoms. The van der Waals surface area contributed by atoms with Crippen molar-refractivity contribution >= 4 is 15.9 Å². The number of hydrogen-bond donors (Lipinski definition) is 2. The normalized spacial score (nSPS) is 14.9. The number of nitrogens with one attached hydrogen (secondary N) is 2. The van der Waals surface area contributed by atoms with Gasteiger partial charge >= 0.3 is 0 Å². The van der Waals surface area contributed by atoms with Gasteiger partial charge in [-0.15, -0.1) is 0 Å². The first-order valence-corrected chi connectivity index (χ1v) is 17.9. The van der Waals surface area contributed by atoms with E-state index in [-0.39, 0.29) is 23.7 Å². The van der Waals surface area contributed by atoms with Crippen LogP contribution in [0.15, 0.2) is 101 Å². The fourth-order valence-electron chi connectivity index (χ4n) is 6.01. The SMILES string of the molecule is CC(C)c1cc(C(C)C)c(S(=O)(=O)N[C@H](c2ccccc2)[C@H](NC(=O)CCCC2=CCC=CC2)c2ccccc2)c(C(C)C)c1. The van der Waals surface area contributed by atoms with Crippen molar-refractivity contribution in [3.63, 3.8) is 0 Å². The van der Waals surface area contributed by atoms with Crippen LogP contribution in [0.1, 0.15) is 131 Å². The van der Waals surface area contributed by atoms with Gasteiger partial charge in [0.05, 0.1) is 17.0 Å². The second kappa shape index (κ2) is 15.7. The lowest BCUT2D eigenvalue weighted by molar-refractivity contribution is -0.122.